The van der Waals surface area contributed by atoms with Crippen LogP contribution in [0.15, 0.2) is 67.3 Å². The molecular weight excluding hydrogens is 594 g/mol. The number of rotatable bonds is 5. The molecule has 0 bridgehead atoms. The van der Waals surface area contributed by atoms with Gasteiger partial charge >= 0.3 is 37.2 Å². The average molecular weight is 613 g/mol. The second-order valence-electron chi connectivity index (χ2n) is 8.21. The van der Waals surface area contributed by atoms with E-state index in [1.54, 1.807) is 18.2 Å². The van der Waals surface area contributed by atoms with E-state index in [0.717, 1.165) is 37.8 Å². The first-order valence-electron chi connectivity index (χ1n) is 11.3. The Morgan fingerprint density at radius 3 is 2.12 bits per heavy atom. The van der Waals surface area contributed by atoms with Gasteiger partial charge in [-0.1, -0.05) is 18.2 Å². The van der Waals surface area contributed by atoms with E-state index in [2.05, 4.69) is 15.2 Å². The third-order valence-corrected chi connectivity index (χ3v) is 5.69. The largest absolute Gasteiger partial charge is 2.00 e. The van der Waals surface area contributed by atoms with Crippen LogP contribution in [0, 0.1) is 0 Å². The molecule has 15 nitrogen and oxygen atoms in total. The van der Waals surface area contributed by atoms with E-state index in [1.165, 1.54) is 19.2 Å². The monoisotopic (exact) mass is 611 g/mol. The maximum Gasteiger partial charge on any atom is 2.00 e. The number of carbonyl (C=O) groups is 4. The number of ether oxygens (including phenoxy) is 2. The number of fused-ring (bicyclic) bond motifs is 1. The number of carbonyl (C=O) groups excluding carboxylic acids is 4. The summed E-state index contributed by atoms with van der Waals surface area (Å²) in [6, 6.07) is 9.92. The van der Waals surface area contributed by atoms with E-state index < -0.39 is 63.8 Å². The van der Waals surface area contributed by atoms with Crippen LogP contribution in [0.4, 0.5) is 22.0 Å². The zero-order chi connectivity index (χ0) is 29.3. The summed E-state index contributed by atoms with van der Waals surface area (Å²) in [5.41, 5.74) is -4.03. The molecule has 0 aliphatic carbocycles. The van der Waals surface area contributed by atoms with Crippen molar-refractivity contribution in [2.24, 2.45) is 29.3 Å². The van der Waals surface area contributed by atoms with Gasteiger partial charge in [-0.15, -0.1) is 10.2 Å². The number of aromatic nitrogens is 2. The fourth-order valence-electron chi connectivity index (χ4n) is 3.77. The molecule has 0 fully saturated rings. The number of hydrogen-bond donors (Lipinski definition) is 0. The number of benzene rings is 2. The van der Waals surface area contributed by atoms with E-state index >= 15 is 0 Å². The second kappa shape index (κ2) is 12.0. The molecule has 3 aromatic rings. The van der Waals surface area contributed by atoms with Crippen molar-refractivity contribution in [3.63, 3.8) is 0 Å². The van der Waals surface area contributed by atoms with Crippen LogP contribution >= 0.6 is 0 Å². The normalized spacial score (nSPS) is 12.8. The van der Waals surface area contributed by atoms with E-state index in [9.17, 15) is 33.9 Å². The number of azo groups is 1. The van der Waals surface area contributed by atoms with Crippen molar-refractivity contribution in [3.8, 4) is 5.75 Å². The van der Waals surface area contributed by atoms with Crippen molar-refractivity contribution in [2.75, 3.05) is 7.11 Å². The Morgan fingerprint density at radius 1 is 0.878 bits per heavy atom. The van der Waals surface area contributed by atoms with Crippen LogP contribution in [0.3, 0.4) is 0 Å². The zero-order valence-electron chi connectivity index (χ0n) is 22.1. The minimum absolute atomic E-state index is 0. The first-order valence-corrected chi connectivity index (χ1v) is 11.3. The van der Waals surface area contributed by atoms with Crippen molar-refractivity contribution >= 4 is 47.0 Å². The average Bonchev–Trinajstić information content (AvgIpc) is 3.19. The fraction of sp³-hybridized carbons (Fsp3) is 0.160. The molecule has 0 radical (unpaired) electrons. The zero-order valence-corrected chi connectivity index (χ0v) is 25.1. The molecule has 4 rings (SSSR count). The van der Waals surface area contributed by atoms with Crippen LogP contribution in [0.25, 0.3) is 0 Å². The van der Waals surface area contributed by atoms with Crippen molar-refractivity contribution in [2.45, 2.75) is 6.92 Å². The summed E-state index contributed by atoms with van der Waals surface area (Å²) in [5.74, 6) is -4.35. The van der Waals surface area contributed by atoms with Crippen LogP contribution in [-0.4, -0.2) is 50.9 Å². The Morgan fingerprint density at radius 2 is 1.51 bits per heavy atom. The summed E-state index contributed by atoms with van der Waals surface area (Å²) < 4.78 is 11.4. The minimum atomic E-state index is -1.31. The van der Waals surface area contributed by atoms with Crippen LogP contribution in [-0.2, 0) is 38.3 Å². The maximum atomic E-state index is 13.3. The summed E-state index contributed by atoms with van der Waals surface area (Å²) in [6.07, 6.45) is -1.31. The molecule has 0 unspecified atom stereocenters. The predicted molar refractivity (Wildman–Crippen MR) is 135 cm³/mol. The van der Waals surface area contributed by atoms with Gasteiger partial charge in [0.15, 0.2) is 11.5 Å². The molecule has 1 aromatic heterocycles. The number of aliphatic imine (C=N–C) groups is 1. The van der Waals surface area contributed by atoms with Crippen molar-refractivity contribution in [1.82, 2.24) is 14.0 Å². The molecule has 204 valence electrons. The summed E-state index contributed by atoms with van der Waals surface area (Å²) >= 11 is 0. The number of methoxy groups -OCH3 is 1. The number of para-hydroxylation sites is 1. The molecule has 0 N–H and O–H groups in total. The summed E-state index contributed by atoms with van der Waals surface area (Å²) in [6.45, 7) is 1.08. The van der Waals surface area contributed by atoms with Crippen molar-refractivity contribution < 1.29 is 53.2 Å². The quantitative estimate of drug-likeness (QED) is 0.102. The maximum absolute atomic E-state index is 13.3. The van der Waals surface area contributed by atoms with Gasteiger partial charge in [0.2, 0.25) is 0 Å². The Bertz CT molecular complexity index is 1770. The molecule has 0 saturated carbocycles. The molecular formula is C25H19N6O9Zn+. The van der Waals surface area contributed by atoms with Gasteiger partial charge in [0.05, 0.1) is 23.8 Å². The Hall–Kier alpha value is -5.11. The SMILES string of the molecule is COC(=O)c1ccc2c(c1N=Nc1c(N=C(C)[O-])n(C)c(=O)n(C)c1=O)C(=O)N(C(=O)Oc1ccccc1)C2=O.[Zn+2]. The van der Waals surface area contributed by atoms with Gasteiger partial charge in [-0.2, -0.15) is 4.90 Å². The Balaban J connectivity index is 0.00000462. The van der Waals surface area contributed by atoms with Gasteiger partial charge in [0.1, 0.15) is 11.4 Å². The van der Waals surface area contributed by atoms with E-state index in [0.29, 0.717) is 4.57 Å². The van der Waals surface area contributed by atoms with Crippen LogP contribution in [0.2, 0.25) is 0 Å². The van der Waals surface area contributed by atoms with E-state index in [1.807, 2.05) is 0 Å². The van der Waals surface area contributed by atoms with Crippen LogP contribution in [0.1, 0.15) is 38.0 Å². The van der Waals surface area contributed by atoms with Gasteiger partial charge in [0.25, 0.3) is 17.4 Å². The standard InChI is InChI=1S/C25H20N6O9.Zn/c1-12(32)26-19-18(22(35)30(3)24(37)29(19)2)28-27-17-15(23(36)39-4)11-10-14-16(17)21(34)31(20(14)33)25(38)40-13-8-6-5-7-9-13;/h5-11H,1-4H3,(H,26,32);/q;+2/p-1. The molecule has 1 aliphatic rings. The molecule has 0 atom stereocenters. The summed E-state index contributed by atoms with van der Waals surface area (Å²) in [4.78, 5) is 80.8. The van der Waals surface area contributed by atoms with Gasteiger partial charge in [-0.25, -0.2) is 19.4 Å². The van der Waals surface area contributed by atoms with Crippen LogP contribution in [0.5, 0.6) is 5.75 Å². The van der Waals surface area contributed by atoms with Crippen molar-refractivity contribution in [3.05, 3.63) is 80.0 Å². The third-order valence-electron chi connectivity index (χ3n) is 5.69. The van der Waals surface area contributed by atoms with Gasteiger partial charge in [-0.05, 0) is 37.1 Å². The first kappa shape index (κ1) is 30.4. The minimum Gasteiger partial charge on any atom is -0.862 e. The molecule has 1 aliphatic heterocycles. The molecule has 16 heteroatoms. The summed E-state index contributed by atoms with van der Waals surface area (Å²) in [5, 5.41) is 19.4. The molecule has 41 heavy (non-hydrogen) atoms. The third kappa shape index (κ3) is 5.49. The number of hydrogen-bond acceptors (Lipinski definition) is 12. The Kier molecular flexibility index (Phi) is 8.88. The predicted octanol–water partition coefficient (Wildman–Crippen LogP) is 1.49. The molecule has 2 heterocycles. The van der Waals surface area contributed by atoms with Crippen LogP contribution < -0.4 is 21.1 Å². The molecule has 0 spiro atoms. The Labute approximate surface area is 243 Å². The smallest absolute Gasteiger partial charge is 0.862 e. The van der Waals surface area contributed by atoms with Gasteiger partial charge in [-0.3, -0.25) is 23.5 Å². The van der Waals surface area contributed by atoms with Gasteiger partial charge in [0, 0.05) is 14.1 Å². The van der Waals surface area contributed by atoms with E-state index in [-0.39, 0.29) is 41.3 Å². The topological polar surface area (TPSA) is 194 Å². The number of amides is 3. The molecule has 0 saturated heterocycles. The number of esters is 1. The molecule has 3 amide bonds. The number of imide groups is 3. The van der Waals surface area contributed by atoms with E-state index in [4.69, 9.17) is 9.47 Å². The molecule has 2 aromatic carbocycles. The fourth-order valence-corrected chi connectivity index (χ4v) is 3.77. The number of nitrogens with zero attached hydrogens (tertiary/aromatic N) is 6. The van der Waals surface area contributed by atoms with Crippen molar-refractivity contribution in [1.29, 1.82) is 0 Å². The summed E-state index contributed by atoms with van der Waals surface area (Å²) in [7, 11) is 3.44. The second-order valence-corrected chi connectivity index (χ2v) is 8.21. The van der Waals surface area contributed by atoms with Gasteiger partial charge < -0.3 is 14.6 Å². The first-order chi connectivity index (χ1) is 19.0.